The molecule has 7 heteroatoms. The molecule has 7 nitrogen and oxygen atoms in total. The molecule has 0 amide bonds. The Bertz CT molecular complexity index is 931. The van der Waals surface area contributed by atoms with Gasteiger partial charge in [0.1, 0.15) is 5.84 Å². The Morgan fingerprint density at radius 3 is 2.32 bits per heavy atom. The van der Waals surface area contributed by atoms with Crippen molar-refractivity contribution in [1.82, 2.24) is 0 Å². The van der Waals surface area contributed by atoms with Gasteiger partial charge in [-0.2, -0.15) is 0 Å². The second kappa shape index (κ2) is 7.14. The fourth-order valence-electron chi connectivity index (χ4n) is 4.20. The molecule has 0 bridgehead atoms. The summed E-state index contributed by atoms with van der Waals surface area (Å²) in [7, 11) is 3.26. The minimum absolute atomic E-state index is 0.0650. The van der Waals surface area contributed by atoms with Gasteiger partial charge in [-0.05, 0) is 49.1 Å². The number of hydrogen-bond acceptors (Lipinski definition) is 6. The van der Waals surface area contributed by atoms with Crippen molar-refractivity contribution in [2.45, 2.75) is 37.6 Å². The molecule has 1 fully saturated rings. The minimum atomic E-state index is -0.401. The molecular weight excluding hydrogens is 358 g/mol. The fraction of sp³-hybridized carbons (Fsp3) is 0.381. The zero-order valence-electron chi connectivity index (χ0n) is 16.0. The van der Waals surface area contributed by atoms with Crippen molar-refractivity contribution in [1.29, 1.82) is 0 Å². The molecular formula is C21H23N3O4. The quantitative estimate of drug-likeness (QED) is 0.629. The zero-order chi connectivity index (χ0) is 19.7. The molecule has 0 radical (unpaired) electrons. The molecule has 2 aliphatic rings. The Morgan fingerprint density at radius 2 is 1.71 bits per heavy atom. The van der Waals surface area contributed by atoms with E-state index < -0.39 is 4.92 Å². The lowest BCUT2D eigenvalue weighted by molar-refractivity contribution is -0.384. The lowest BCUT2D eigenvalue weighted by Gasteiger charge is -2.32. The third-order valence-corrected chi connectivity index (χ3v) is 5.61. The number of nitro groups is 1. The van der Waals surface area contributed by atoms with Gasteiger partial charge in [-0.1, -0.05) is 12.8 Å². The third kappa shape index (κ3) is 3.28. The molecule has 146 valence electrons. The van der Waals surface area contributed by atoms with Crippen LogP contribution in [0.2, 0.25) is 0 Å². The van der Waals surface area contributed by atoms with Crippen LogP contribution in [-0.4, -0.2) is 30.5 Å². The van der Waals surface area contributed by atoms with E-state index >= 15 is 0 Å². The van der Waals surface area contributed by atoms with E-state index in [0.717, 1.165) is 36.3 Å². The smallest absolute Gasteiger partial charge is 0.269 e. The molecule has 1 spiro atoms. The average Bonchev–Trinajstić information content (AvgIpc) is 3.14. The van der Waals surface area contributed by atoms with E-state index in [1.807, 2.05) is 12.1 Å². The van der Waals surface area contributed by atoms with Gasteiger partial charge < -0.3 is 14.8 Å². The average molecular weight is 381 g/mol. The fourth-order valence-corrected chi connectivity index (χ4v) is 4.20. The SMILES string of the molecule is COc1cc2c(cc1OC)C(Nc1ccc([N+](=O)[O-])cc1)=NC1(CCCC1)C2. The maximum Gasteiger partial charge on any atom is 0.269 e. The number of benzene rings is 2. The van der Waals surface area contributed by atoms with Crippen LogP contribution >= 0.6 is 0 Å². The van der Waals surface area contributed by atoms with Crippen LogP contribution in [-0.2, 0) is 6.42 Å². The van der Waals surface area contributed by atoms with Crippen molar-refractivity contribution in [3.63, 3.8) is 0 Å². The van der Waals surface area contributed by atoms with Gasteiger partial charge in [-0.3, -0.25) is 15.1 Å². The van der Waals surface area contributed by atoms with E-state index in [-0.39, 0.29) is 11.2 Å². The molecule has 0 aromatic heterocycles. The number of amidine groups is 1. The molecule has 0 unspecified atom stereocenters. The summed E-state index contributed by atoms with van der Waals surface area (Å²) in [6, 6.07) is 10.4. The molecule has 1 N–H and O–H groups in total. The molecule has 2 aromatic carbocycles. The van der Waals surface area contributed by atoms with Gasteiger partial charge in [0.2, 0.25) is 0 Å². The van der Waals surface area contributed by atoms with Crippen LogP contribution in [0.4, 0.5) is 11.4 Å². The van der Waals surface area contributed by atoms with Gasteiger partial charge >= 0.3 is 0 Å². The number of hydrogen-bond donors (Lipinski definition) is 1. The van der Waals surface area contributed by atoms with E-state index in [4.69, 9.17) is 14.5 Å². The van der Waals surface area contributed by atoms with Crippen molar-refractivity contribution >= 4 is 17.2 Å². The third-order valence-electron chi connectivity index (χ3n) is 5.61. The monoisotopic (exact) mass is 381 g/mol. The largest absolute Gasteiger partial charge is 0.493 e. The Morgan fingerprint density at radius 1 is 1.07 bits per heavy atom. The summed E-state index contributed by atoms with van der Waals surface area (Å²) >= 11 is 0. The zero-order valence-corrected chi connectivity index (χ0v) is 16.0. The molecule has 1 heterocycles. The first-order valence-electron chi connectivity index (χ1n) is 9.40. The Labute approximate surface area is 163 Å². The molecule has 0 saturated heterocycles. The molecule has 28 heavy (non-hydrogen) atoms. The number of aliphatic imine (C=N–C) groups is 1. The number of rotatable bonds is 4. The molecule has 4 rings (SSSR count). The summed E-state index contributed by atoms with van der Waals surface area (Å²) in [4.78, 5) is 15.6. The number of nitrogens with zero attached hydrogens (tertiary/aromatic N) is 2. The highest BCUT2D eigenvalue weighted by Crippen LogP contribution is 2.43. The summed E-state index contributed by atoms with van der Waals surface area (Å²) in [6.45, 7) is 0. The van der Waals surface area contributed by atoms with Crippen LogP contribution in [0.15, 0.2) is 41.4 Å². The highest BCUT2D eigenvalue weighted by atomic mass is 16.6. The van der Waals surface area contributed by atoms with Crippen LogP contribution in [0.1, 0.15) is 36.8 Å². The summed E-state index contributed by atoms with van der Waals surface area (Å²) < 4.78 is 11.0. The second-order valence-electron chi connectivity index (χ2n) is 7.36. The first kappa shape index (κ1) is 18.3. The van der Waals surface area contributed by atoms with Crippen LogP contribution < -0.4 is 14.8 Å². The van der Waals surface area contributed by atoms with Gasteiger partial charge in [0.05, 0.1) is 24.7 Å². The van der Waals surface area contributed by atoms with E-state index in [9.17, 15) is 10.1 Å². The number of anilines is 1. The number of nitrogens with one attached hydrogen (secondary N) is 1. The minimum Gasteiger partial charge on any atom is -0.493 e. The molecule has 1 aliphatic heterocycles. The predicted molar refractivity (Wildman–Crippen MR) is 108 cm³/mol. The van der Waals surface area contributed by atoms with Crippen LogP contribution in [0.5, 0.6) is 11.5 Å². The number of ether oxygens (including phenoxy) is 2. The van der Waals surface area contributed by atoms with Crippen LogP contribution in [0.25, 0.3) is 0 Å². The van der Waals surface area contributed by atoms with E-state index in [1.54, 1.807) is 26.4 Å². The summed E-state index contributed by atoms with van der Waals surface area (Å²) in [5.41, 5.74) is 2.90. The highest BCUT2D eigenvalue weighted by Gasteiger charge is 2.38. The lowest BCUT2D eigenvalue weighted by atomic mass is 9.84. The maximum atomic E-state index is 10.9. The maximum absolute atomic E-state index is 10.9. The van der Waals surface area contributed by atoms with Crippen molar-refractivity contribution in [2.24, 2.45) is 4.99 Å². The lowest BCUT2D eigenvalue weighted by Crippen LogP contribution is -2.35. The highest BCUT2D eigenvalue weighted by molar-refractivity contribution is 6.10. The van der Waals surface area contributed by atoms with Gasteiger partial charge in [0, 0.05) is 23.4 Å². The van der Waals surface area contributed by atoms with E-state index in [0.29, 0.717) is 11.5 Å². The molecule has 0 atom stereocenters. The van der Waals surface area contributed by atoms with Crippen molar-refractivity contribution in [2.75, 3.05) is 19.5 Å². The van der Waals surface area contributed by atoms with Crippen LogP contribution in [0, 0.1) is 10.1 Å². The van der Waals surface area contributed by atoms with Gasteiger partial charge in [0.15, 0.2) is 11.5 Å². The standard InChI is InChI=1S/C21H23N3O4/c1-27-18-11-14-13-21(9-3-4-10-21)23-20(17(14)12-19(18)28-2)22-15-5-7-16(8-6-15)24(25)26/h5-8,11-12H,3-4,9-10,13H2,1-2H3,(H,22,23). The number of nitro benzene ring substituents is 1. The van der Waals surface area contributed by atoms with Gasteiger partial charge in [0.25, 0.3) is 5.69 Å². The summed E-state index contributed by atoms with van der Waals surface area (Å²) in [6.07, 6.45) is 5.36. The summed E-state index contributed by atoms with van der Waals surface area (Å²) in [5, 5.41) is 14.3. The predicted octanol–water partition coefficient (Wildman–Crippen LogP) is 4.34. The second-order valence-corrected chi connectivity index (χ2v) is 7.36. The summed E-state index contributed by atoms with van der Waals surface area (Å²) in [5.74, 6) is 2.14. The van der Waals surface area contributed by atoms with Crippen LogP contribution in [0.3, 0.4) is 0 Å². The van der Waals surface area contributed by atoms with Crippen molar-refractivity contribution in [3.8, 4) is 11.5 Å². The van der Waals surface area contributed by atoms with Crippen molar-refractivity contribution < 1.29 is 14.4 Å². The van der Waals surface area contributed by atoms with Gasteiger partial charge in [-0.25, -0.2) is 0 Å². The molecule has 1 saturated carbocycles. The number of non-ortho nitro benzene ring substituents is 1. The first-order valence-corrected chi connectivity index (χ1v) is 9.40. The topological polar surface area (TPSA) is 86.0 Å². The Hall–Kier alpha value is -3.09. The van der Waals surface area contributed by atoms with Crippen molar-refractivity contribution in [3.05, 3.63) is 57.6 Å². The Balaban J connectivity index is 1.75. The van der Waals surface area contributed by atoms with E-state index in [1.165, 1.54) is 30.5 Å². The molecule has 1 aliphatic carbocycles. The first-order chi connectivity index (χ1) is 13.5. The number of fused-ring (bicyclic) bond motifs is 1. The number of methoxy groups -OCH3 is 2. The Kier molecular flexibility index (Phi) is 4.66. The normalized spacial score (nSPS) is 17.0. The van der Waals surface area contributed by atoms with E-state index in [2.05, 4.69) is 5.32 Å². The molecule has 2 aromatic rings. The van der Waals surface area contributed by atoms with Gasteiger partial charge in [-0.15, -0.1) is 0 Å².